The average molecular weight is 480 g/mol. The van der Waals surface area contributed by atoms with Crippen LogP contribution >= 0.6 is 0 Å². The predicted molar refractivity (Wildman–Crippen MR) is 135 cm³/mol. The van der Waals surface area contributed by atoms with Gasteiger partial charge in [-0.05, 0) is 61.7 Å². The molecular weight excluding hydrogens is 445 g/mol. The Morgan fingerprint density at radius 1 is 1.06 bits per heavy atom. The maximum Gasteiger partial charge on any atom is 0.414 e. The number of likely N-dealkylation sites (tertiary alicyclic amines) is 1. The molecule has 0 bridgehead atoms. The molecule has 6 nitrogen and oxygen atoms in total. The monoisotopic (exact) mass is 479 g/mol. The summed E-state index contributed by atoms with van der Waals surface area (Å²) in [6, 6.07) is 12.6. The van der Waals surface area contributed by atoms with Crippen molar-refractivity contribution in [2.45, 2.75) is 51.0 Å². The van der Waals surface area contributed by atoms with Crippen LogP contribution in [-0.4, -0.2) is 62.1 Å². The largest absolute Gasteiger partial charge is 0.449 e. The molecule has 1 fully saturated rings. The number of anilines is 2. The number of fused-ring (bicyclic) bond motifs is 3. The first-order chi connectivity index (χ1) is 17.1. The molecule has 0 aromatic heterocycles. The Morgan fingerprint density at radius 2 is 1.89 bits per heavy atom. The van der Waals surface area contributed by atoms with Gasteiger partial charge in [0.15, 0.2) is 5.78 Å². The standard InChI is InChI=1S/C28H34FN3O3/c1-2-3-18-35-28(34)32-17-16-31-24-13-15-30(19-23(24)22-6-4-7-25(32)27(22)31)14-5-8-26(33)20-9-11-21(29)12-10-20/h4,6-7,9-12,23-24H,2-3,5,8,13-19H2,1H3/t23-,24-/m0/s1. The van der Waals surface area contributed by atoms with E-state index in [1.54, 1.807) is 17.0 Å². The van der Waals surface area contributed by atoms with Gasteiger partial charge in [-0.3, -0.25) is 9.69 Å². The van der Waals surface area contributed by atoms with Crippen molar-refractivity contribution in [2.24, 2.45) is 0 Å². The van der Waals surface area contributed by atoms with Gasteiger partial charge in [-0.15, -0.1) is 0 Å². The summed E-state index contributed by atoms with van der Waals surface area (Å²) in [5.74, 6) is 0.153. The first kappa shape index (κ1) is 23.8. The fourth-order valence-corrected chi connectivity index (χ4v) is 5.85. The zero-order chi connectivity index (χ0) is 24.4. The third-order valence-electron chi connectivity index (χ3n) is 7.64. The fraction of sp³-hybridized carbons (Fsp3) is 0.500. The van der Waals surface area contributed by atoms with Gasteiger partial charge in [-0.25, -0.2) is 9.18 Å². The molecule has 0 radical (unpaired) electrons. The third kappa shape index (κ3) is 4.79. The molecule has 0 saturated carbocycles. The van der Waals surface area contributed by atoms with Crippen LogP contribution in [0.5, 0.6) is 0 Å². The summed E-state index contributed by atoms with van der Waals surface area (Å²) in [6.45, 7) is 6.89. The molecule has 2 aromatic carbocycles. The van der Waals surface area contributed by atoms with E-state index < -0.39 is 0 Å². The zero-order valence-corrected chi connectivity index (χ0v) is 20.4. The molecule has 0 spiro atoms. The van der Waals surface area contributed by atoms with Crippen molar-refractivity contribution >= 4 is 23.3 Å². The fourth-order valence-electron chi connectivity index (χ4n) is 5.85. The molecule has 35 heavy (non-hydrogen) atoms. The van der Waals surface area contributed by atoms with E-state index in [1.807, 2.05) is 6.07 Å². The van der Waals surface area contributed by atoms with Gasteiger partial charge in [0.05, 0.1) is 18.0 Å². The summed E-state index contributed by atoms with van der Waals surface area (Å²) in [7, 11) is 0. The molecule has 1 saturated heterocycles. The lowest BCUT2D eigenvalue weighted by Crippen LogP contribution is -2.50. The predicted octanol–water partition coefficient (Wildman–Crippen LogP) is 5.22. The highest BCUT2D eigenvalue weighted by Gasteiger charge is 2.45. The molecule has 0 aliphatic carbocycles. The van der Waals surface area contributed by atoms with E-state index in [0.29, 0.717) is 37.1 Å². The molecule has 1 amide bonds. The number of hydrogen-bond acceptors (Lipinski definition) is 5. The van der Waals surface area contributed by atoms with Crippen LogP contribution in [0.4, 0.5) is 20.6 Å². The maximum atomic E-state index is 13.1. The van der Waals surface area contributed by atoms with E-state index in [2.05, 4.69) is 28.9 Å². The number of rotatable bonds is 8. The number of ether oxygens (including phenoxy) is 1. The summed E-state index contributed by atoms with van der Waals surface area (Å²) in [4.78, 5) is 32.0. The molecule has 0 unspecified atom stereocenters. The molecule has 3 heterocycles. The third-order valence-corrected chi connectivity index (χ3v) is 7.64. The van der Waals surface area contributed by atoms with Gasteiger partial charge in [-0.1, -0.05) is 25.5 Å². The molecule has 0 N–H and O–H groups in total. The van der Waals surface area contributed by atoms with Crippen LogP contribution in [0.2, 0.25) is 0 Å². The number of carbonyl (C=O) groups excluding carboxylic acids is 2. The van der Waals surface area contributed by atoms with E-state index in [-0.39, 0.29) is 17.7 Å². The molecule has 186 valence electrons. The number of benzene rings is 2. The van der Waals surface area contributed by atoms with Crippen molar-refractivity contribution < 1.29 is 18.7 Å². The minimum absolute atomic E-state index is 0.0683. The number of unbranched alkanes of at least 4 members (excludes halogenated alkanes) is 1. The lowest BCUT2D eigenvalue weighted by Gasteiger charge is -2.41. The Labute approximate surface area is 206 Å². The number of hydrogen-bond donors (Lipinski definition) is 0. The van der Waals surface area contributed by atoms with E-state index in [1.165, 1.54) is 23.4 Å². The number of Topliss-reactive ketones (excluding diaryl/α,β-unsaturated/α-hetero) is 1. The highest BCUT2D eigenvalue weighted by molar-refractivity contribution is 5.96. The SMILES string of the molecule is CCCCOC(=O)N1CCN2c3c(cccc31)[C@@H]1CN(CCCC(=O)c3ccc(F)cc3)CC[C@@H]12. The Morgan fingerprint density at radius 3 is 2.69 bits per heavy atom. The minimum atomic E-state index is -0.320. The normalized spacial score (nSPS) is 21.0. The number of amides is 1. The van der Waals surface area contributed by atoms with Crippen molar-refractivity contribution in [3.05, 3.63) is 59.4 Å². The summed E-state index contributed by atoms with van der Waals surface area (Å²) >= 11 is 0. The molecular formula is C28H34FN3O3. The van der Waals surface area contributed by atoms with Crippen molar-refractivity contribution in [1.82, 2.24) is 4.90 Å². The second-order valence-corrected chi connectivity index (χ2v) is 9.82. The van der Waals surface area contributed by atoms with Gasteiger partial charge in [0.25, 0.3) is 0 Å². The molecule has 3 aliphatic heterocycles. The van der Waals surface area contributed by atoms with Crippen LogP contribution in [0.1, 0.15) is 60.9 Å². The number of carbonyl (C=O) groups is 2. The van der Waals surface area contributed by atoms with Crippen molar-refractivity contribution in [2.75, 3.05) is 49.1 Å². The summed E-state index contributed by atoms with van der Waals surface area (Å²) in [6.07, 6.45) is 3.98. The van der Waals surface area contributed by atoms with E-state index in [9.17, 15) is 14.0 Å². The lowest BCUT2D eigenvalue weighted by atomic mass is 9.89. The van der Waals surface area contributed by atoms with Gasteiger partial charge in [0, 0.05) is 50.1 Å². The molecule has 3 aliphatic rings. The summed E-state index contributed by atoms with van der Waals surface area (Å²) in [5.41, 5.74) is 4.08. The number of halogens is 1. The summed E-state index contributed by atoms with van der Waals surface area (Å²) < 4.78 is 18.6. The Bertz CT molecular complexity index is 1070. The van der Waals surface area contributed by atoms with Crippen LogP contribution in [0, 0.1) is 5.82 Å². The first-order valence-corrected chi connectivity index (χ1v) is 12.9. The van der Waals surface area contributed by atoms with Gasteiger partial charge in [0.1, 0.15) is 5.82 Å². The number of piperidine rings is 1. The quantitative estimate of drug-likeness (QED) is 0.384. The van der Waals surface area contributed by atoms with Crippen LogP contribution in [0.3, 0.4) is 0 Å². The van der Waals surface area contributed by atoms with Crippen LogP contribution in [0.25, 0.3) is 0 Å². The topological polar surface area (TPSA) is 53.1 Å². The zero-order valence-electron chi connectivity index (χ0n) is 20.4. The summed E-state index contributed by atoms with van der Waals surface area (Å²) in [5, 5.41) is 0. The average Bonchev–Trinajstić information content (AvgIpc) is 3.19. The van der Waals surface area contributed by atoms with Crippen molar-refractivity contribution in [3.63, 3.8) is 0 Å². The number of para-hydroxylation sites is 1. The van der Waals surface area contributed by atoms with Crippen LogP contribution < -0.4 is 9.80 Å². The minimum Gasteiger partial charge on any atom is -0.449 e. The smallest absolute Gasteiger partial charge is 0.414 e. The van der Waals surface area contributed by atoms with E-state index >= 15 is 0 Å². The van der Waals surface area contributed by atoms with Gasteiger partial charge in [-0.2, -0.15) is 0 Å². The van der Waals surface area contributed by atoms with E-state index in [4.69, 9.17) is 4.74 Å². The van der Waals surface area contributed by atoms with Gasteiger partial charge < -0.3 is 14.5 Å². The Balaban J connectivity index is 1.22. The second kappa shape index (κ2) is 10.4. The maximum absolute atomic E-state index is 13.1. The van der Waals surface area contributed by atoms with Crippen molar-refractivity contribution in [3.8, 4) is 0 Å². The van der Waals surface area contributed by atoms with E-state index in [0.717, 1.165) is 57.5 Å². The van der Waals surface area contributed by atoms with Crippen LogP contribution in [0.15, 0.2) is 42.5 Å². The molecule has 5 rings (SSSR count). The van der Waals surface area contributed by atoms with Gasteiger partial charge >= 0.3 is 6.09 Å². The second-order valence-electron chi connectivity index (χ2n) is 9.82. The molecule has 2 atom stereocenters. The van der Waals surface area contributed by atoms with Crippen molar-refractivity contribution in [1.29, 1.82) is 0 Å². The number of nitrogens with zero attached hydrogens (tertiary/aromatic N) is 3. The highest BCUT2D eigenvalue weighted by Crippen LogP contribution is 2.50. The molecule has 7 heteroatoms. The highest BCUT2D eigenvalue weighted by atomic mass is 19.1. The van der Waals surface area contributed by atoms with Gasteiger partial charge in [0.2, 0.25) is 0 Å². The first-order valence-electron chi connectivity index (χ1n) is 12.9. The Kier molecular flexibility index (Phi) is 7.04. The number of ketones is 1. The molecule has 2 aromatic rings. The Hall–Kier alpha value is -2.93. The van der Waals surface area contributed by atoms with Crippen LogP contribution in [-0.2, 0) is 4.74 Å². The lowest BCUT2D eigenvalue weighted by molar-refractivity contribution is 0.0971.